The molecule has 26 heavy (non-hydrogen) atoms. The Balaban J connectivity index is 1.52. The van der Waals surface area contributed by atoms with Crippen LogP contribution < -0.4 is 4.74 Å². The number of nitrogens with zero attached hydrogens (tertiary/aromatic N) is 2. The van der Waals surface area contributed by atoms with E-state index in [1.54, 1.807) is 6.07 Å². The van der Waals surface area contributed by atoms with Crippen molar-refractivity contribution >= 4 is 5.91 Å². The molecule has 0 spiro atoms. The zero-order valence-electron chi connectivity index (χ0n) is 14.4. The molecule has 1 saturated heterocycles. The molecule has 2 fully saturated rings. The van der Waals surface area contributed by atoms with Crippen LogP contribution in [0.4, 0.5) is 0 Å². The van der Waals surface area contributed by atoms with Gasteiger partial charge in [0.1, 0.15) is 11.9 Å². The van der Waals surface area contributed by atoms with Crippen LogP contribution in [-0.2, 0) is 4.74 Å². The Bertz CT molecular complexity index is 854. The maximum atomic E-state index is 13.1. The third kappa shape index (κ3) is 3.56. The van der Waals surface area contributed by atoms with Gasteiger partial charge >= 0.3 is 0 Å². The first-order valence-electron chi connectivity index (χ1n) is 8.91. The monoisotopic (exact) mass is 348 g/mol. The maximum Gasteiger partial charge on any atom is 0.257 e. The van der Waals surface area contributed by atoms with Crippen LogP contribution in [0.5, 0.6) is 5.75 Å². The van der Waals surface area contributed by atoms with E-state index in [0.717, 1.165) is 18.4 Å². The zero-order chi connectivity index (χ0) is 17.9. The summed E-state index contributed by atoms with van der Waals surface area (Å²) in [5.74, 6) is 0.625. The van der Waals surface area contributed by atoms with E-state index in [9.17, 15) is 4.79 Å². The molecule has 132 valence electrons. The average Bonchev–Trinajstić information content (AvgIpc) is 3.52. The number of carbonyl (C=O) groups is 1. The molecule has 1 unspecified atom stereocenters. The molecule has 0 bridgehead atoms. The summed E-state index contributed by atoms with van der Waals surface area (Å²) in [5.41, 5.74) is 2.12. The molecular formula is C21H20N2O3. The van der Waals surface area contributed by atoms with E-state index in [2.05, 4.69) is 6.07 Å². The van der Waals surface area contributed by atoms with Crippen LogP contribution in [0.1, 0.15) is 40.4 Å². The number of amides is 1. The number of carbonyl (C=O) groups excluding carboxylic acids is 1. The SMILES string of the molecule is N#Cc1cccc(C2CN(C(=O)c3ccccc3OC3CC3)CCO2)c1. The molecule has 1 aliphatic heterocycles. The second-order valence-corrected chi connectivity index (χ2v) is 6.66. The molecule has 2 aliphatic rings. The number of ether oxygens (including phenoxy) is 2. The van der Waals surface area contributed by atoms with Crippen LogP contribution >= 0.6 is 0 Å². The summed E-state index contributed by atoms with van der Waals surface area (Å²) in [6.45, 7) is 1.48. The number of rotatable bonds is 4. The fourth-order valence-electron chi connectivity index (χ4n) is 3.13. The molecule has 2 aromatic carbocycles. The van der Waals surface area contributed by atoms with E-state index in [0.29, 0.717) is 36.6 Å². The van der Waals surface area contributed by atoms with Crippen molar-refractivity contribution in [2.75, 3.05) is 19.7 Å². The Morgan fingerprint density at radius 3 is 2.85 bits per heavy atom. The number of hydrogen-bond acceptors (Lipinski definition) is 4. The quantitative estimate of drug-likeness (QED) is 0.850. The van der Waals surface area contributed by atoms with E-state index in [4.69, 9.17) is 14.7 Å². The van der Waals surface area contributed by atoms with Gasteiger partial charge in [-0.05, 0) is 42.7 Å². The van der Waals surface area contributed by atoms with Gasteiger partial charge < -0.3 is 14.4 Å². The van der Waals surface area contributed by atoms with Gasteiger partial charge in [-0.25, -0.2) is 0 Å². The van der Waals surface area contributed by atoms with Crippen molar-refractivity contribution in [3.63, 3.8) is 0 Å². The van der Waals surface area contributed by atoms with Gasteiger partial charge in [-0.2, -0.15) is 5.26 Å². The molecule has 2 aromatic rings. The van der Waals surface area contributed by atoms with Gasteiger partial charge in [-0.3, -0.25) is 4.79 Å². The smallest absolute Gasteiger partial charge is 0.257 e. The summed E-state index contributed by atoms with van der Waals surface area (Å²) in [5, 5.41) is 9.09. The number of morpholine rings is 1. The van der Waals surface area contributed by atoms with Crippen molar-refractivity contribution in [2.24, 2.45) is 0 Å². The predicted octanol–water partition coefficient (Wildman–Crippen LogP) is 3.31. The van der Waals surface area contributed by atoms with E-state index in [1.165, 1.54) is 0 Å². The van der Waals surface area contributed by atoms with Gasteiger partial charge in [0.2, 0.25) is 0 Å². The van der Waals surface area contributed by atoms with Crippen molar-refractivity contribution in [1.29, 1.82) is 5.26 Å². The average molecular weight is 348 g/mol. The summed E-state index contributed by atoms with van der Waals surface area (Å²) < 4.78 is 11.7. The Labute approximate surface area is 152 Å². The molecular weight excluding hydrogens is 328 g/mol. The second-order valence-electron chi connectivity index (χ2n) is 6.66. The first-order valence-corrected chi connectivity index (χ1v) is 8.91. The lowest BCUT2D eigenvalue weighted by molar-refractivity contribution is -0.0229. The van der Waals surface area contributed by atoms with Crippen molar-refractivity contribution < 1.29 is 14.3 Å². The van der Waals surface area contributed by atoms with E-state index in [-0.39, 0.29) is 18.1 Å². The van der Waals surface area contributed by atoms with Gasteiger partial charge in [0.15, 0.2) is 0 Å². The highest BCUT2D eigenvalue weighted by Crippen LogP contribution is 2.31. The van der Waals surface area contributed by atoms with Crippen molar-refractivity contribution in [2.45, 2.75) is 25.0 Å². The molecule has 4 rings (SSSR count). The molecule has 5 nitrogen and oxygen atoms in total. The summed E-state index contributed by atoms with van der Waals surface area (Å²) in [6.07, 6.45) is 2.13. The highest BCUT2D eigenvalue weighted by Gasteiger charge is 2.30. The van der Waals surface area contributed by atoms with Gasteiger partial charge in [0.25, 0.3) is 5.91 Å². The van der Waals surface area contributed by atoms with E-state index in [1.807, 2.05) is 47.4 Å². The minimum atomic E-state index is -0.225. The van der Waals surface area contributed by atoms with Gasteiger partial charge in [-0.15, -0.1) is 0 Å². The molecule has 1 saturated carbocycles. The summed E-state index contributed by atoms with van der Waals surface area (Å²) >= 11 is 0. The first-order chi connectivity index (χ1) is 12.7. The third-order valence-corrected chi connectivity index (χ3v) is 4.68. The number of nitriles is 1. The molecule has 1 aliphatic carbocycles. The minimum Gasteiger partial charge on any atom is -0.490 e. The molecule has 0 radical (unpaired) electrons. The second kappa shape index (κ2) is 7.19. The lowest BCUT2D eigenvalue weighted by atomic mass is 10.0. The third-order valence-electron chi connectivity index (χ3n) is 4.68. The molecule has 1 atom stereocenters. The summed E-state index contributed by atoms with van der Waals surface area (Å²) in [4.78, 5) is 14.9. The van der Waals surface area contributed by atoms with E-state index >= 15 is 0 Å². The molecule has 0 N–H and O–H groups in total. The topological polar surface area (TPSA) is 62.6 Å². The number of para-hydroxylation sites is 1. The Morgan fingerprint density at radius 2 is 2.04 bits per heavy atom. The standard InChI is InChI=1S/C21H20N2O3/c22-13-15-4-3-5-16(12-15)20-14-23(10-11-25-20)21(24)18-6-1-2-7-19(18)26-17-8-9-17/h1-7,12,17,20H,8-11,14H2. The summed E-state index contributed by atoms with van der Waals surface area (Å²) in [6, 6.07) is 16.9. The highest BCUT2D eigenvalue weighted by atomic mass is 16.5. The summed E-state index contributed by atoms with van der Waals surface area (Å²) in [7, 11) is 0. The maximum absolute atomic E-state index is 13.1. The minimum absolute atomic E-state index is 0.0361. The molecule has 5 heteroatoms. The van der Waals surface area contributed by atoms with Crippen LogP contribution in [0.2, 0.25) is 0 Å². The Morgan fingerprint density at radius 1 is 1.19 bits per heavy atom. The number of benzene rings is 2. The predicted molar refractivity (Wildman–Crippen MR) is 95.8 cm³/mol. The first kappa shape index (κ1) is 16.6. The van der Waals surface area contributed by atoms with Crippen LogP contribution in [0.15, 0.2) is 48.5 Å². The van der Waals surface area contributed by atoms with Crippen molar-refractivity contribution in [1.82, 2.24) is 4.90 Å². The van der Waals surface area contributed by atoms with E-state index < -0.39 is 0 Å². The molecule has 1 heterocycles. The zero-order valence-corrected chi connectivity index (χ0v) is 14.4. The number of hydrogen-bond donors (Lipinski definition) is 0. The Kier molecular flexibility index (Phi) is 4.59. The fraction of sp³-hybridized carbons (Fsp3) is 0.333. The van der Waals surface area contributed by atoms with Crippen LogP contribution in [-0.4, -0.2) is 36.6 Å². The van der Waals surface area contributed by atoms with Gasteiger partial charge in [-0.1, -0.05) is 24.3 Å². The Hall–Kier alpha value is -2.84. The molecule has 0 aromatic heterocycles. The van der Waals surface area contributed by atoms with Crippen molar-refractivity contribution in [3.8, 4) is 11.8 Å². The highest BCUT2D eigenvalue weighted by molar-refractivity contribution is 5.97. The van der Waals surface area contributed by atoms with Crippen LogP contribution in [0.25, 0.3) is 0 Å². The lowest BCUT2D eigenvalue weighted by Crippen LogP contribution is -2.42. The normalized spacial score (nSPS) is 19.7. The van der Waals surface area contributed by atoms with Crippen LogP contribution in [0.3, 0.4) is 0 Å². The largest absolute Gasteiger partial charge is 0.490 e. The lowest BCUT2D eigenvalue weighted by Gasteiger charge is -2.33. The fourth-order valence-corrected chi connectivity index (χ4v) is 3.13. The van der Waals surface area contributed by atoms with Gasteiger partial charge in [0.05, 0.1) is 36.5 Å². The van der Waals surface area contributed by atoms with Crippen molar-refractivity contribution in [3.05, 3.63) is 65.2 Å². The van der Waals surface area contributed by atoms with Gasteiger partial charge in [0, 0.05) is 6.54 Å². The van der Waals surface area contributed by atoms with Crippen LogP contribution in [0, 0.1) is 11.3 Å². The molecule has 1 amide bonds.